The number of H-pyrrole nitrogens is 1. The zero-order chi connectivity index (χ0) is 15.1. The molecule has 0 aliphatic rings. The maximum atomic E-state index is 11.5. The number of pyridine rings is 1. The summed E-state index contributed by atoms with van der Waals surface area (Å²) < 4.78 is 5.17. The number of aromatic amines is 1. The zero-order valence-electron chi connectivity index (χ0n) is 11.9. The van der Waals surface area contributed by atoms with Crippen molar-refractivity contribution in [1.29, 1.82) is 0 Å². The summed E-state index contributed by atoms with van der Waals surface area (Å²) in [6, 6.07) is 1.48. The largest absolute Gasteiger partial charge is 0.494 e. The first-order chi connectivity index (χ1) is 9.43. The summed E-state index contributed by atoms with van der Waals surface area (Å²) in [4.78, 5) is 24.7. The molecule has 3 N–H and O–H groups in total. The number of ether oxygens (including phenoxy) is 1. The molecule has 110 valence electrons. The molecule has 0 radical (unpaired) electrons. The fraction of sp³-hybridized carbons (Fsp3) is 0.429. The monoisotopic (exact) mass is 280 g/mol. The fourth-order valence-corrected chi connectivity index (χ4v) is 1.71. The summed E-state index contributed by atoms with van der Waals surface area (Å²) in [5.41, 5.74) is -0.00353. The van der Waals surface area contributed by atoms with Gasteiger partial charge in [0, 0.05) is 18.5 Å². The van der Waals surface area contributed by atoms with E-state index in [2.05, 4.69) is 10.3 Å². The second-order valence-electron chi connectivity index (χ2n) is 4.44. The Kier molecular flexibility index (Phi) is 5.83. The van der Waals surface area contributed by atoms with E-state index in [-0.39, 0.29) is 23.6 Å². The predicted octanol–water partition coefficient (Wildman–Crippen LogP) is 1.41. The molecule has 0 bridgehead atoms. The Bertz CT molecular complexity index is 549. The number of hydrogen-bond donors (Lipinski definition) is 3. The maximum absolute atomic E-state index is 11.5. The summed E-state index contributed by atoms with van der Waals surface area (Å²) >= 11 is 0. The summed E-state index contributed by atoms with van der Waals surface area (Å²) in [5, 5.41) is 12.4. The first-order valence-corrected chi connectivity index (χ1v) is 6.46. The molecule has 0 fully saturated rings. The molecule has 0 aliphatic heterocycles. The van der Waals surface area contributed by atoms with Crippen LogP contribution in [0.2, 0.25) is 0 Å². The third kappa shape index (κ3) is 4.79. The first-order valence-electron chi connectivity index (χ1n) is 6.46. The van der Waals surface area contributed by atoms with E-state index < -0.39 is 5.56 Å². The molecule has 1 rings (SSSR count). The Balaban J connectivity index is 2.78. The van der Waals surface area contributed by atoms with Gasteiger partial charge in [-0.2, -0.15) is 0 Å². The number of amides is 1. The lowest BCUT2D eigenvalue weighted by molar-refractivity contribution is -0.119. The van der Waals surface area contributed by atoms with Crippen LogP contribution in [-0.4, -0.2) is 28.6 Å². The molecule has 0 saturated heterocycles. The highest BCUT2D eigenvalue weighted by Crippen LogP contribution is 2.18. The number of carbonyl (C=O) groups is 1. The van der Waals surface area contributed by atoms with Crippen LogP contribution in [0, 0.1) is 0 Å². The van der Waals surface area contributed by atoms with Gasteiger partial charge in [-0.1, -0.05) is 12.2 Å². The average molecular weight is 280 g/mol. The Morgan fingerprint density at radius 2 is 2.30 bits per heavy atom. The van der Waals surface area contributed by atoms with Crippen LogP contribution in [0.1, 0.15) is 32.8 Å². The second-order valence-corrected chi connectivity index (χ2v) is 4.44. The van der Waals surface area contributed by atoms with E-state index >= 15 is 0 Å². The van der Waals surface area contributed by atoms with Crippen LogP contribution in [0.3, 0.4) is 0 Å². The van der Waals surface area contributed by atoms with Gasteiger partial charge in [0.25, 0.3) is 5.56 Å². The van der Waals surface area contributed by atoms with E-state index in [0.717, 1.165) is 0 Å². The molecular weight excluding hydrogens is 260 g/mol. The quantitative estimate of drug-likeness (QED) is 0.734. The number of rotatable bonds is 6. The van der Waals surface area contributed by atoms with Gasteiger partial charge < -0.3 is 15.2 Å². The molecule has 1 aromatic rings. The molecule has 1 amide bonds. The van der Waals surface area contributed by atoms with E-state index in [1.165, 1.54) is 13.0 Å². The van der Waals surface area contributed by atoms with E-state index in [0.29, 0.717) is 18.6 Å². The molecule has 1 atom stereocenters. The molecule has 0 saturated carbocycles. The van der Waals surface area contributed by atoms with E-state index in [4.69, 9.17) is 4.74 Å². The Morgan fingerprint density at radius 3 is 2.90 bits per heavy atom. The van der Waals surface area contributed by atoms with Gasteiger partial charge in [-0.05, 0) is 26.3 Å². The van der Waals surface area contributed by atoms with Gasteiger partial charge >= 0.3 is 0 Å². The van der Waals surface area contributed by atoms with Gasteiger partial charge in [-0.3, -0.25) is 14.6 Å². The topological polar surface area (TPSA) is 91.4 Å². The van der Waals surface area contributed by atoms with Crippen LogP contribution in [0.25, 0.3) is 6.08 Å². The van der Waals surface area contributed by atoms with Crippen molar-refractivity contribution in [1.82, 2.24) is 10.3 Å². The van der Waals surface area contributed by atoms with Crippen LogP contribution in [0.4, 0.5) is 0 Å². The average Bonchev–Trinajstić information content (AvgIpc) is 2.34. The van der Waals surface area contributed by atoms with Crippen molar-refractivity contribution in [2.24, 2.45) is 0 Å². The van der Waals surface area contributed by atoms with Gasteiger partial charge in [0.15, 0.2) is 11.6 Å². The molecule has 20 heavy (non-hydrogen) atoms. The summed E-state index contributed by atoms with van der Waals surface area (Å²) in [7, 11) is 0. The van der Waals surface area contributed by atoms with E-state index in [1.54, 1.807) is 13.0 Å². The van der Waals surface area contributed by atoms with Crippen molar-refractivity contribution in [3.8, 4) is 11.6 Å². The van der Waals surface area contributed by atoms with Gasteiger partial charge in [-0.25, -0.2) is 0 Å². The van der Waals surface area contributed by atoms with Gasteiger partial charge in [0.1, 0.15) is 0 Å². The number of nitrogens with one attached hydrogen (secondary N) is 2. The van der Waals surface area contributed by atoms with Crippen molar-refractivity contribution in [3.63, 3.8) is 0 Å². The van der Waals surface area contributed by atoms with E-state index in [9.17, 15) is 14.7 Å². The molecule has 6 heteroatoms. The lowest BCUT2D eigenvalue weighted by atomic mass is 10.2. The molecule has 6 nitrogen and oxygen atoms in total. The number of aromatic nitrogens is 1. The summed E-state index contributed by atoms with van der Waals surface area (Å²) in [5.74, 6) is -0.127. The Labute approximate surface area is 117 Å². The Hall–Kier alpha value is -2.24. The Morgan fingerprint density at radius 1 is 1.60 bits per heavy atom. The standard InChI is InChI=1S/C14H20N2O4/c1-4-20-12-8-11(13(18)16-14(12)19)7-5-6-9(2)15-10(3)17/h5,7-9H,4,6H2,1-3H3,(H,15,17)(H2,16,18,19)/b7-5+. The minimum absolute atomic E-state index is 0.0000151. The van der Waals surface area contributed by atoms with Crippen LogP contribution in [0.5, 0.6) is 11.6 Å². The molecule has 0 aliphatic carbocycles. The third-order valence-electron chi connectivity index (χ3n) is 2.55. The fourth-order valence-electron chi connectivity index (χ4n) is 1.71. The maximum Gasteiger partial charge on any atom is 0.293 e. The van der Waals surface area contributed by atoms with Crippen LogP contribution in [-0.2, 0) is 4.79 Å². The smallest absolute Gasteiger partial charge is 0.293 e. The van der Waals surface area contributed by atoms with Crippen molar-refractivity contribution in [2.75, 3.05) is 6.61 Å². The molecule has 1 aromatic heterocycles. The first kappa shape index (κ1) is 15.8. The summed E-state index contributed by atoms with van der Waals surface area (Å²) in [6.07, 6.45) is 4.10. The van der Waals surface area contributed by atoms with Crippen molar-refractivity contribution >= 4 is 12.0 Å². The van der Waals surface area contributed by atoms with Crippen LogP contribution >= 0.6 is 0 Å². The molecular formula is C14H20N2O4. The van der Waals surface area contributed by atoms with Crippen LogP contribution < -0.4 is 15.6 Å². The van der Waals surface area contributed by atoms with Gasteiger partial charge in [-0.15, -0.1) is 0 Å². The van der Waals surface area contributed by atoms with Crippen molar-refractivity contribution in [3.05, 3.63) is 28.1 Å². The number of hydrogen-bond acceptors (Lipinski definition) is 4. The zero-order valence-corrected chi connectivity index (χ0v) is 11.9. The highest BCUT2D eigenvalue weighted by Gasteiger charge is 2.06. The highest BCUT2D eigenvalue weighted by molar-refractivity contribution is 5.73. The second kappa shape index (κ2) is 7.37. The van der Waals surface area contributed by atoms with Gasteiger partial charge in [0.05, 0.1) is 6.61 Å². The number of aromatic hydroxyl groups is 1. The minimum atomic E-state index is -0.465. The minimum Gasteiger partial charge on any atom is -0.494 e. The predicted molar refractivity (Wildman–Crippen MR) is 76.8 cm³/mol. The molecule has 0 spiro atoms. The SMILES string of the molecule is CCOc1cc(/C=C/CC(C)NC(C)=O)c(O)[nH]c1=O. The lowest BCUT2D eigenvalue weighted by Gasteiger charge is -2.09. The summed E-state index contributed by atoms with van der Waals surface area (Å²) in [6.45, 7) is 5.49. The van der Waals surface area contributed by atoms with Gasteiger partial charge in [0.2, 0.25) is 5.91 Å². The highest BCUT2D eigenvalue weighted by atomic mass is 16.5. The normalized spacial score (nSPS) is 12.3. The van der Waals surface area contributed by atoms with Crippen LogP contribution in [0.15, 0.2) is 16.9 Å². The van der Waals surface area contributed by atoms with E-state index in [1.807, 2.05) is 13.0 Å². The molecule has 1 unspecified atom stereocenters. The third-order valence-corrected chi connectivity index (χ3v) is 2.55. The number of carbonyl (C=O) groups excluding carboxylic acids is 1. The van der Waals surface area contributed by atoms with Crippen molar-refractivity contribution < 1.29 is 14.6 Å². The van der Waals surface area contributed by atoms with Crippen molar-refractivity contribution in [2.45, 2.75) is 33.2 Å². The molecule has 0 aromatic carbocycles. The lowest BCUT2D eigenvalue weighted by Crippen LogP contribution is -2.29. The molecule has 1 heterocycles.